The van der Waals surface area contributed by atoms with Gasteiger partial charge in [0.1, 0.15) is 17.2 Å². The van der Waals surface area contributed by atoms with Crippen LogP contribution in [0.15, 0.2) is 47.6 Å². The molecule has 7 heteroatoms. The Bertz CT molecular complexity index is 841. The highest BCUT2D eigenvalue weighted by atomic mass is 16.5. The van der Waals surface area contributed by atoms with Crippen molar-refractivity contribution >= 4 is 11.8 Å². The van der Waals surface area contributed by atoms with Crippen LogP contribution in [0.5, 0.6) is 5.75 Å². The van der Waals surface area contributed by atoms with Crippen LogP contribution < -0.4 is 20.3 Å². The molecule has 7 nitrogen and oxygen atoms in total. The first-order valence-electron chi connectivity index (χ1n) is 10.4. The largest absolute Gasteiger partial charge is 0.488 e. The molecule has 0 saturated carbocycles. The van der Waals surface area contributed by atoms with Gasteiger partial charge in [0, 0.05) is 50.6 Å². The minimum Gasteiger partial charge on any atom is -0.488 e. The molecule has 3 rings (SSSR count). The topological polar surface area (TPSA) is 71.0 Å². The van der Waals surface area contributed by atoms with Crippen molar-refractivity contribution in [3.05, 3.63) is 53.7 Å². The van der Waals surface area contributed by atoms with E-state index in [1.165, 1.54) is 0 Å². The Labute approximate surface area is 179 Å². The summed E-state index contributed by atoms with van der Waals surface area (Å²) < 4.78 is 11.6. The lowest BCUT2D eigenvalue weighted by molar-refractivity contribution is 0.122. The van der Waals surface area contributed by atoms with Gasteiger partial charge in [-0.2, -0.15) is 0 Å². The molecule has 2 heterocycles. The summed E-state index contributed by atoms with van der Waals surface area (Å²) in [7, 11) is 1.78. The minimum atomic E-state index is -0.244. The van der Waals surface area contributed by atoms with Crippen LogP contribution in [0.2, 0.25) is 0 Å². The molecule has 1 saturated heterocycles. The standard InChI is InChI=1S/C23H33N5O2/c1-23(2,3)30-20-10-6-5-8-18(20)16-26-22(24-4)27-17-19-9-7-11-25-21(19)28-12-14-29-15-13-28/h5-11H,12-17H2,1-4H3,(H2,24,26,27). The predicted molar refractivity (Wildman–Crippen MR) is 121 cm³/mol. The number of guanidine groups is 1. The van der Waals surface area contributed by atoms with Crippen LogP contribution in [0.25, 0.3) is 0 Å². The molecule has 1 aliphatic heterocycles. The van der Waals surface area contributed by atoms with Crippen molar-refractivity contribution in [3.63, 3.8) is 0 Å². The highest BCUT2D eigenvalue weighted by Gasteiger charge is 2.17. The molecule has 0 bridgehead atoms. The zero-order valence-corrected chi connectivity index (χ0v) is 18.4. The van der Waals surface area contributed by atoms with Crippen LogP contribution in [0.4, 0.5) is 5.82 Å². The quantitative estimate of drug-likeness (QED) is 0.563. The number of ether oxygens (including phenoxy) is 2. The molecule has 2 aromatic rings. The SMILES string of the molecule is CN=C(NCc1ccccc1OC(C)(C)C)NCc1cccnc1N1CCOCC1. The van der Waals surface area contributed by atoms with Gasteiger partial charge in [-0.1, -0.05) is 24.3 Å². The summed E-state index contributed by atoms with van der Waals surface area (Å²) in [6, 6.07) is 12.2. The number of pyridine rings is 1. The monoisotopic (exact) mass is 411 g/mol. The Morgan fingerprint density at radius 2 is 1.73 bits per heavy atom. The van der Waals surface area contributed by atoms with Crippen molar-refractivity contribution in [1.29, 1.82) is 0 Å². The van der Waals surface area contributed by atoms with E-state index in [9.17, 15) is 0 Å². The molecule has 0 atom stereocenters. The van der Waals surface area contributed by atoms with Gasteiger partial charge in [0.2, 0.25) is 0 Å². The number of aliphatic imine (C=N–C) groups is 1. The number of morpholine rings is 1. The van der Waals surface area contributed by atoms with Crippen molar-refractivity contribution < 1.29 is 9.47 Å². The Morgan fingerprint density at radius 1 is 1.07 bits per heavy atom. The van der Waals surface area contributed by atoms with E-state index in [2.05, 4.69) is 58.4 Å². The smallest absolute Gasteiger partial charge is 0.191 e. The van der Waals surface area contributed by atoms with E-state index >= 15 is 0 Å². The first kappa shape index (κ1) is 21.9. The van der Waals surface area contributed by atoms with Gasteiger partial charge in [-0.3, -0.25) is 4.99 Å². The fraction of sp³-hybridized carbons (Fsp3) is 0.478. The molecular formula is C23H33N5O2. The average molecular weight is 412 g/mol. The van der Waals surface area contributed by atoms with Crippen LogP contribution >= 0.6 is 0 Å². The zero-order chi connectivity index (χ0) is 21.4. The average Bonchev–Trinajstić information content (AvgIpc) is 2.75. The second kappa shape index (κ2) is 10.3. The highest BCUT2D eigenvalue weighted by Crippen LogP contribution is 2.23. The van der Waals surface area contributed by atoms with E-state index in [1.807, 2.05) is 30.5 Å². The Balaban J connectivity index is 1.60. The first-order chi connectivity index (χ1) is 14.5. The number of anilines is 1. The molecule has 0 spiro atoms. The third-order valence-electron chi connectivity index (χ3n) is 4.68. The van der Waals surface area contributed by atoms with Gasteiger partial charge in [-0.25, -0.2) is 4.98 Å². The fourth-order valence-electron chi connectivity index (χ4n) is 3.29. The van der Waals surface area contributed by atoms with Gasteiger partial charge in [-0.15, -0.1) is 0 Å². The van der Waals surface area contributed by atoms with E-state index in [1.54, 1.807) is 7.05 Å². The summed E-state index contributed by atoms with van der Waals surface area (Å²) in [5, 5.41) is 6.79. The number of hydrogen-bond acceptors (Lipinski definition) is 5. The van der Waals surface area contributed by atoms with Crippen LogP contribution in [-0.2, 0) is 17.8 Å². The van der Waals surface area contributed by atoms with E-state index in [-0.39, 0.29) is 5.60 Å². The van der Waals surface area contributed by atoms with Crippen molar-refractivity contribution in [2.24, 2.45) is 4.99 Å². The number of nitrogens with zero attached hydrogens (tertiary/aromatic N) is 3. The van der Waals surface area contributed by atoms with Crippen LogP contribution in [-0.4, -0.2) is 49.9 Å². The lowest BCUT2D eigenvalue weighted by Gasteiger charge is -2.29. The third-order valence-corrected chi connectivity index (χ3v) is 4.68. The van der Waals surface area contributed by atoms with Crippen molar-refractivity contribution in [1.82, 2.24) is 15.6 Å². The van der Waals surface area contributed by atoms with E-state index in [4.69, 9.17) is 9.47 Å². The molecule has 0 unspecified atom stereocenters. The summed E-state index contributed by atoms with van der Waals surface area (Å²) in [4.78, 5) is 11.2. The summed E-state index contributed by atoms with van der Waals surface area (Å²) in [6.07, 6.45) is 1.84. The van der Waals surface area contributed by atoms with Crippen LogP contribution in [0, 0.1) is 0 Å². The second-order valence-corrected chi connectivity index (χ2v) is 8.19. The van der Waals surface area contributed by atoms with Gasteiger partial charge < -0.3 is 25.0 Å². The van der Waals surface area contributed by atoms with E-state index in [0.29, 0.717) is 13.1 Å². The number of para-hydroxylation sites is 1. The fourth-order valence-corrected chi connectivity index (χ4v) is 3.29. The Hall–Kier alpha value is -2.80. The van der Waals surface area contributed by atoms with Crippen molar-refractivity contribution in [3.8, 4) is 5.75 Å². The van der Waals surface area contributed by atoms with Gasteiger partial charge in [-0.05, 0) is 32.9 Å². The Kier molecular flexibility index (Phi) is 7.52. The molecule has 2 N–H and O–H groups in total. The number of hydrogen-bond donors (Lipinski definition) is 2. The molecule has 1 aromatic heterocycles. The first-order valence-corrected chi connectivity index (χ1v) is 10.4. The lowest BCUT2D eigenvalue weighted by atomic mass is 10.1. The molecule has 1 fully saturated rings. The number of benzene rings is 1. The zero-order valence-electron chi connectivity index (χ0n) is 18.4. The lowest BCUT2D eigenvalue weighted by Crippen LogP contribution is -2.39. The van der Waals surface area contributed by atoms with Gasteiger partial charge in [0.15, 0.2) is 5.96 Å². The van der Waals surface area contributed by atoms with Gasteiger partial charge in [0.05, 0.1) is 13.2 Å². The molecule has 30 heavy (non-hydrogen) atoms. The molecule has 1 aliphatic rings. The van der Waals surface area contributed by atoms with Gasteiger partial charge >= 0.3 is 0 Å². The minimum absolute atomic E-state index is 0.244. The van der Waals surface area contributed by atoms with Gasteiger partial charge in [0.25, 0.3) is 0 Å². The van der Waals surface area contributed by atoms with Crippen molar-refractivity contribution in [2.45, 2.75) is 39.5 Å². The summed E-state index contributed by atoms with van der Waals surface area (Å²) in [6.45, 7) is 10.6. The van der Waals surface area contributed by atoms with Crippen LogP contribution in [0.3, 0.4) is 0 Å². The predicted octanol–water partition coefficient (Wildman–Crippen LogP) is 2.96. The molecule has 0 aliphatic carbocycles. The summed E-state index contributed by atoms with van der Waals surface area (Å²) in [5.41, 5.74) is 1.98. The highest BCUT2D eigenvalue weighted by molar-refractivity contribution is 5.79. The summed E-state index contributed by atoms with van der Waals surface area (Å²) in [5.74, 6) is 2.62. The van der Waals surface area contributed by atoms with E-state index < -0.39 is 0 Å². The molecular weight excluding hydrogens is 378 g/mol. The summed E-state index contributed by atoms with van der Waals surface area (Å²) >= 11 is 0. The number of aromatic nitrogens is 1. The molecule has 1 aromatic carbocycles. The normalized spacial score (nSPS) is 15.1. The number of nitrogens with one attached hydrogen (secondary N) is 2. The maximum Gasteiger partial charge on any atom is 0.191 e. The maximum absolute atomic E-state index is 6.09. The second-order valence-electron chi connectivity index (χ2n) is 8.19. The van der Waals surface area contributed by atoms with E-state index in [0.717, 1.165) is 55.0 Å². The van der Waals surface area contributed by atoms with Crippen LogP contribution in [0.1, 0.15) is 31.9 Å². The Morgan fingerprint density at radius 3 is 2.43 bits per heavy atom. The maximum atomic E-state index is 6.09. The number of rotatable bonds is 6. The molecule has 0 amide bonds. The molecule has 0 radical (unpaired) electrons. The molecule has 162 valence electrons. The third kappa shape index (κ3) is 6.35. The van der Waals surface area contributed by atoms with Crippen molar-refractivity contribution in [2.75, 3.05) is 38.3 Å².